The molecule has 0 spiro atoms. The average molecular weight is 187 g/mol. The van der Waals surface area contributed by atoms with Crippen molar-refractivity contribution < 1.29 is 5.11 Å². The lowest BCUT2D eigenvalue weighted by atomic mass is 10.0. The topological polar surface area (TPSA) is 44.0 Å². The van der Waals surface area contributed by atoms with E-state index in [0.29, 0.717) is 5.57 Å². The Morgan fingerprint density at radius 3 is 2.36 bits per heavy atom. The number of benzene rings is 1. The Hall–Kier alpha value is -1.75. The van der Waals surface area contributed by atoms with Gasteiger partial charge in [-0.05, 0) is 37.5 Å². The van der Waals surface area contributed by atoms with Crippen LogP contribution in [0.25, 0.3) is 5.57 Å². The standard InChI is InChI=1S/C12H13NO/c1-8-4-5-11(6-9(8)2)12(7-13)10(3)14/h4-6,14H,1-3H3/b12-10-. The third-order valence-electron chi connectivity index (χ3n) is 2.27. The Morgan fingerprint density at radius 1 is 1.29 bits per heavy atom. The quantitative estimate of drug-likeness (QED) is 0.542. The van der Waals surface area contributed by atoms with Gasteiger partial charge in [0.2, 0.25) is 0 Å². The predicted molar refractivity (Wildman–Crippen MR) is 56.8 cm³/mol. The van der Waals surface area contributed by atoms with Gasteiger partial charge in [-0.15, -0.1) is 0 Å². The molecule has 0 aliphatic carbocycles. The van der Waals surface area contributed by atoms with Crippen molar-refractivity contribution >= 4 is 5.57 Å². The largest absolute Gasteiger partial charge is 0.511 e. The van der Waals surface area contributed by atoms with Crippen LogP contribution in [0.5, 0.6) is 0 Å². The van der Waals surface area contributed by atoms with Crippen LogP contribution in [-0.2, 0) is 0 Å². The number of aliphatic hydroxyl groups excluding tert-OH is 1. The summed E-state index contributed by atoms with van der Waals surface area (Å²) in [5.41, 5.74) is 3.42. The van der Waals surface area contributed by atoms with Gasteiger partial charge in [-0.2, -0.15) is 5.26 Å². The lowest BCUT2D eigenvalue weighted by Gasteiger charge is -2.04. The van der Waals surface area contributed by atoms with E-state index in [1.807, 2.05) is 38.1 Å². The van der Waals surface area contributed by atoms with Crippen LogP contribution >= 0.6 is 0 Å². The zero-order chi connectivity index (χ0) is 10.7. The molecule has 0 bridgehead atoms. The first kappa shape index (κ1) is 10.3. The molecule has 1 aromatic carbocycles. The van der Waals surface area contributed by atoms with Crippen molar-refractivity contribution in [2.24, 2.45) is 0 Å². The minimum Gasteiger partial charge on any atom is -0.511 e. The van der Waals surface area contributed by atoms with Crippen LogP contribution in [0, 0.1) is 25.2 Å². The second-order valence-corrected chi connectivity index (χ2v) is 3.37. The van der Waals surface area contributed by atoms with E-state index in [-0.39, 0.29) is 5.76 Å². The normalized spacial score (nSPS) is 11.9. The molecule has 0 aromatic heterocycles. The highest BCUT2D eigenvalue weighted by Crippen LogP contribution is 2.19. The Kier molecular flexibility index (Phi) is 2.93. The van der Waals surface area contributed by atoms with Gasteiger partial charge < -0.3 is 5.11 Å². The molecule has 72 valence electrons. The molecular weight excluding hydrogens is 174 g/mol. The van der Waals surface area contributed by atoms with Crippen molar-refractivity contribution in [2.75, 3.05) is 0 Å². The van der Waals surface area contributed by atoms with E-state index in [0.717, 1.165) is 11.1 Å². The Morgan fingerprint density at radius 2 is 1.93 bits per heavy atom. The third-order valence-corrected chi connectivity index (χ3v) is 2.27. The highest BCUT2D eigenvalue weighted by molar-refractivity contribution is 5.78. The summed E-state index contributed by atoms with van der Waals surface area (Å²) in [7, 11) is 0. The summed E-state index contributed by atoms with van der Waals surface area (Å²) < 4.78 is 0. The van der Waals surface area contributed by atoms with Crippen molar-refractivity contribution in [1.82, 2.24) is 0 Å². The van der Waals surface area contributed by atoms with Gasteiger partial charge in [0.05, 0.1) is 5.57 Å². The molecule has 0 amide bonds. The molecule has 0 heterocycles. The number of aryl methyl sites for hydroxylation is 2. The fraction of sp³-hybridized carbons (Fsp3) is 0.250. The molecule has 1 N–H and O–H groups in total. The number of nitrogens with zero attached hydrogens (tertiary/aromatic N) is 1. The van der Waals surface area contributed by atoms with Crippen molar-refractivity contribution in [3.05, 3.63) is 40.6 Å². The van der Waals surface area contributed by atoms with E-state index in [9.17, 15) is 5.11 Å². The van der Waals surface area contributed by atoms with Gasteiger partial charge in [0, 0.05) is 0 Å². The lowest BCUT2D eigenvalue weighted by Crippen LogP contribution is -1.89. The van der Waals surface area contributed by atoms with Crippen LogP contribution in [-0.4, -0.2) is 5.11 Å². The molecule has 2 heteroatoms. The highest BCUT2D eigenvalue weighted by atomic mass is 16.3. The number of allylic oxidation sites excluding steroid dienone is 2. The maximum atomic E-state index is 9.28. The van der Waals surface area contributed by atoms with Crippen LogP contribution in [0.4, 0.5) is 0 Å². The zero-order valence-corrected chi connectivity index (χ0v) is 8.63. The first-order valence-corrected chi connectivity index (χ1v) is 4.44. The molecule has 1 rings (SSSR count). The van der Waals surface area contributed by atoms with Gasteiger partial charge in [-0.25, -0.2) is 0 Å². The molecule has 0 fully saturated rings. The van der Waals surface area contributed by atoms with Gasteiger partial charge in [-0.3, -0.25) is 0 Å². The van der Waals surface area contributed by atoms with Crippen LogP contribution in [0.15, 0.2) is 24.0 Å². The predicted octanol–water partition coefficient (Wildman–Crippen LogP) is 3.12. The summed E-state index contributed by atoms with van der Waals surface area (Å²) in [6.45, 7) is 5.52. The van der Waals surface area contributed by atoms with Gasteiger partial charge in [-0.1, -0.05) is 18.2 Å². The minimum atomic E-state index is 0.0655. The van der Waals surface area contributed by atoms with Gasteiger partial charge in [0.25, 0.3) is 0 Å². The van der Waals surface area contributed by atoms with Crippen molar-refractivity contribution in [1.29, 1.82) is 5.26 Å². The molecule has 0 saturated heterocycles. The molecule has 0 saturated carbocycles. The van der Waals surface area contributed by atoms with Crippen LogP contribution in [0.1, 0.15) is 23.6 Å². The van der Waals surface area contributed by atoms with E-state index in [1.165, 1.54) is 12.5 Å². The molecular formula is C12H13NO. The van der Waals surface area contributed by atoms with E-state index in [1.54, 1.807) is 0 Å². The van der Waals surface area contributed by atoms with E-state index in [4.69, 9.17) is 5.26 Å². The number of aliphatic hydroxyl groups is 1. The molecule has 0 unspecified atom stereocenters. The highest BCUT2D eigenvalue weighted by Gasteiger charge is 2.05. The number of hydrogen-bond donors (Lipinski definition) is 1. The van der Waals surface area contributed by atoms with Gasteiger partial charge in [0.1, 0.15) is 11.8 Å². The Labute approximate surface area is 84.1 Å². The minimum absolute atomic E-state index is 0.0655. The summed E-state index contributed by atoms with van der Waals surface area (Å²) in [5.74, 6) is 0.0655. The third kappa shape index (κ3) is 1.94. The van der Waals surface area contributed by atoms with E-state index in [2.05, 4.69) is 0 Å². The van der Waals surface area contributed by atoms with Gasteiger partial charge >= 0.3 is 0 Å². The molecule has 0 atom stereocenters. The molecule has 2 nitrogen and oxygen atoms in total. The summed E-state index contributed by atoms with van der Waals surface area (Å²) in [4.78, 5) is 0. The Balaban J connectivity index is 3.29. The van der Waals surface area contributed by atoms with E-state index >= 15 is 0 Å². The maximum Gasteiger partial charge on any atom is 0.107 e. The SMILES string of the molecule is C/C(O)=C(\C#N)c1ccc(C)c(C)c1. The second kappa shape index (κ2) is 3.97. The summed E-state index contributed by atoms with van der Waals surface area (Å²) >= 11 is 0. The van der Waals surface area contributed by atoms with Gasteiger partial charge in [0.15, 0.2) is 0 Å². The maximum absolute atomic E-state index is 9.28. The molecule has 14 heavy (non-hydrogen) atoms. The lowest BCUT2D eigenvalue weighted by molar-refractivity contribution is 0.418. The smallest absolute Gasteiger partial charge is 0.107 e. The number of hydrogen-bond acceptors (Lipinski definition) is 2. The van der Waals surface area contributed by atoms with Crippen molar-refractivity contribution in [2.45, 2.75) is 20.8 Å². The van der Waals surface area contributed by atoms with Crippen LogP contribution in [0.3, 0.4) is 0 Å². The number of rotatable bonds is 1. The summed E-state index contributed by atoms with van der Waals surface area (Å²) in [6, 6.07) is 7.70. The fourth-order valence-electron chi connectivity index (χ4n) is 1.25. The Bertz CT molecular complexity index is 420. The van der Waals surface area contributed by atoms with Crippen molar-refractivity contribution in [3.8, 4) is 6.07 Å². The molecule has 0 aliphatic heterocycles. The van der Waals surface area contributed by atoms with Crippen molar-refractivity contribution in [3.63, 3.8) is 0 Å². The summed E-state index contributed by atoms with van der Waals surface area (Å²) in [5, 5.41) is 18.1. The van der Waals surface area contributed by atoms with Crippen LogP contribution in [0.2, 0.25) is 0 Å². The first-order chi connectivity index (χ1) is 6.56. The van der Waals surface area contributed by atoms with E-state index < -0.39 is 0 Å². The first-order valence-electron chi connectivity index (χ1n) is 4.44. The van der Waals surface area contributed by atoms with Crippen LogP contribution < -0.4 is 0 Å². The number of nitriles is 1. The average Bonchev–Trinajstić information content (AvgIpc) is 2.11. The zero-order valence-electron chi connectivity index (χ0n) is 8.63. The molecule has 1 aromatic rings. The summed E-state index contributed by atoms with van der Waals surface area (Å²) in [6.07, 6.45) is 0. The monoisotopic (exact) mass is 187 g/mol. The molecule has 0 radical (unpaired) electrons. The second-order valence-electron chi connectivity index (χ2n) is 3.37. The molecule has 0 aliphatic rings. The fourth-order valence-corrected chi connectivity index (χ4v) is 1.25.